The van der Waals surface area contributed by atoms with Crippen LogP contribution in [0.1, 0.15) is 6.92 Å². The third-order valence-electron chi connectivity index (χ3n) is 4.39. The van der Waals surface area contributed by atoms with E-state index < -0.39 is 21.7 Å². The third-order valence-corrected chi connectivity index (χ3v) is 6.38. The summed E-state index contributed by atoms with van der Waals surface area (Å²) in [5, 5.41) is 9.51. The number of nitrogens with zero attached hydrogens (tertiary/aromatic N) is 1. The van der Waals surface area contributed by atoms with Crippen molar-refractivity contribution in [1.29, 1.82) is 0 Å². The van der Waals surface area contributed by atoms with E-state index >= 15 is 0 Å². The number of carboxylic acid groups (broad SMARTS) is 1. The zero-order valence-corrected chi connectivity index (χ0v) is 20.1. The predicted molar refractivity (Wildman–Crippen MR) is 126 cm³/mol. The summed E-state index contributed by atoms with van der Waals surface area (Å²) in [5.74, 6) is -0.0331. The first-order valence-electron chi connectivity index (χ1n) is 9.34. The van der Waals surface area contributed by atoms with E-state index in [9.17, 15) is 22.7 Å². The van der Waals surface area contributed by atoms with E-state index in [1.54, 1.807) is 19.1 Å². The van der Waals surface area contributed by atoms with Gasteiger partial charge in [-0.25, -0.2) is 17.6 Å². The molecule has 32 heavy (non-hydrogen) atoms. The fourth-order valence-electron chi connectivity index (χ4n) is 2.83. The van der Waals surface area contributed by atoms with Crippen molar-refractivity contribution in [1.82, 2.24) is 0 Å². The van der Waals surface area contributed by atoms with E-state index in [1.165, 1.54) is 48.5 Å². The van der Waals surface area contributed by atoms with Crippen LogP contribution in [0.3, 0.4) is 0 Å². The molecule has 7 nitrogen and oxygen atoms in total. The van der Waals surface area contributed by atoms with Gasteiger partial charge in [-0.1, -0.05) is 12.1 Å². The van der Waals surface area contributed by atoms with Crippen molar-refractivity contribution in [2.24, 2.45) is 0 Å². The van der Waals surface area contributed by atoms with Crippen LogP contribution in [0, 0.1) is 9.39 Å². The number of anilines is 1. The molecule has 0 bridgehead atoms. The zero-order chi connectivity index (χ0) is 23.5. The van der Waals surface area contributed by atoms with E-state index in [-0.39, 0.29) is 28.7 Å². The molecule has 0 aliphatic rings. The fraction of sp³-hybridized carbons (Fsp3) is 0.136. The summed E-state index contributed by atoms with van der Waals surface area (Å²) in [6.45, 7) is 1.88. The Balaban J connectivity index is 2.06. The summed E-state index contributed by atoms with van der Waals surface area (Å²) in [6, 6.07) is 14.6. The van der Waals surface area contributed by atoms with Crippen molar-refractivity contribution in [3.05, 3.63) is 70.1 Å². The SMILES string of the molecule is CCN(C(=O)O)c1cc(Oc2ccccc2F)c(Oc2ccc(S(C)(=O)=O)cc2)cc1I. The Morgan fingerprint density at radius 1 is 1.03 bits per heavy atom. The Labute approximate surface area is 198 Å². The van der Waals surface area contributed by atoms with Gasteiger partial charge in [-0.05, 0) is 65.9 Å². The number of ether oxygens (including phenoxy) is 2. The minimum absolute atomic E-state index is 0.0599. The molecule has 0 unspecified atom stereocenters. The molecule has 10 heteroatoms. The molecule has 0 fully saturated rings. The highest BCUT2D eigenvalue weighted by Gasteiger charge is 2.21. The highest BCUT2D eigenvalue weighted by molar-refractivity contribution is 14.1. The van der Waals surface area contributed by atoms with Gasteiger partial charge < -0.3 is 14.6 Å². The van der Waals surface area contributed by atoms with E-state index in [2.05, 4.69) is 0 Å². The van der Waals surface area contributed by atoms with Gasteiger partial charge in [-0.3, -0.25) is 4.90 Å². The maximum Gasteiger partial charge on any atom is 0.411 e. The van der Waals surface area contributed by atoms with Crippen LogP contribution in [0.4, 0.5) is 14.9 Å². The van der Waals surface area contributed by atoms with Gasteiger partial charge in [0.15, 0.2) is 32.9 Å². The molecule has 3 aromatic rings. The first kappa shape index (κ1) is 23.8. The molecule has 1 N–H and O–H groups in total. The average molecular weight is 571 g/mol. The first-order valence-corrected chi connectivity index (χ1v) is 12.3. The Bertz CT molecular complexity index is 1250. The molecular formula is C22H19FINO6S. The van der Waals surface area contributed by atoms with Crippen LogP contribution in [0.25, 0.3) is 0 Å². The quantitative estimate of drug-likeness (QED) is 0.354. The van der Waals surface area contributed by atoms with Gasteiger partial charge in [0.2, 0.25) is 0 Å². The lowest BCUT2D eigenvalue weighted by molar-refractivity contribution is 0.202. The number of rotatable bonds is 7. The molecular weight excluding hydrogens is 552 g/mol. The molecule has 0 heterocycles. The molecule has 0 aliphatic heterocycles. The molecule has 168 valence electrons. The van der Waals surface area contributed by atoms with Crippen LogP contribution in [-0.4, -0.2) is 32.4 Å². The number of amides is 1. The third kappa shape index (κ3) is 5.49. The van der Waals surface area contributed by atoms with Crippen LogP contribution in [0.2, 0.25) is 0 Å². The summed E-state index contributed by atoms with van der Waals surface area (Å²) in [5.41, 5.74) is 0.353. The smallest absolute Gasteiger partial charge is 0.411 e. The lowest BCUT2D eigenvalue weighted by atomic mass is 10.2. The van der Waals surface area contributed by atoms with Gasteiger partial charge in [-0.15, -0.1) is 0 Å². The lowest BCUT2D eigenvalue weighted by Crippen LogP contribution is -2.29. The molecule has 0 saturated heterocycles. The van der Waals surface area contributed by atoms with Crippen molar-refractivity contribution in [2.75, 3.05) is 17.7 Å². The van der Waals surface area contributed by atoms with Crippen molar-refractivity contribution < 1.29 is 32.2 Å². The van der Waals surface area contributed by atoms with Crippen LogP contribution in [0.15, 0.2) is 65.6 Å². The predicted octanol–water partition coefficient (Wildman–Crippen LogP) is 5.92. The second kappa shape index (κ2) is 9.74. The summed E-state index contributed by atoms with van der Waals surface area (Å²) >= 11 is 1.98. The van der Waals surface area contributed by atoms with Crippen LogP contribution in [-0.2, 0) is 9.84 Å². The van der Waals surface area contributed by atoms with Crippen LogP contribution < -0.4 is 14.4 Å². The second-order valence-corrected chi connectivity index (χ2v) is 9.83. The Kier molecular flexibility index (Phi) is 7.24. The van der Waals surface area contributed by atoms with Gasteiger partial charge in [0.1, 0.15) is 5.75 Å². The van der Waals surface area contributed by atoms with Crippen molar-refractivity contribution in [3.8, 4) is 23.0 Å². The number of para-hydroxylation sites is 1. The number of hydrogen-bond acceptors (Lipinski definition) is 5. The standard InChI is InChI=1S/C22H19FINO6S/c1-3-25(22(26)27)18-13-21(31-19-7-5-4-6-16(19)23)20(12-17(18)24)30-14-8-10-15(11-9-14)32(2,28)29/h4-13H,3H2,1-2H3,(H,26,27). The summed E-state index contributed by atoms with van der Waals surface area (Å²) < 4.78 is 49.7. The highest BCUT2D eigenvalue weighted by Crippen LogP contribution is 2.41. The molecule has 3 rings (SSSR count). The number of hydrogen-bond donors (Lipinski definition) is 1. The molecule has 0 aliphatic carbocycles. The van der Waals surface area contributed by atoms with Crippen molar-refractivity contribution in [2.45, 2.75) is 11.8 Å². The average Bonchev–Trinajstić information content (AvgIpc) is 2.72. The number of halogens is 2. The van der Waals surface area contributed by atoms with Crippen molar-refractivity contribution in [3.63, 3.8) is 0 Å². The van der Waals surface area contributed by atoms with Gasteiger partial charge >= 0.3 is 6.09 Å². The summed E-state index contributed by atoms with van der Waals surface area (Å²) in [6.07, 6.45) is -0.0426. The Morgan fingerprint density at radius 3 is 2.22 bits per heavy atom. The number of carbonyl (C=O) groups is 1. The Morgan fingerprint density at radius 2 is 1.66 bits per heavy atom. The molecule has 0 atom stereocenters. The van der Waals surface area contributed by atoms with Crippen LogP contribution in [0.5, 0.6) is 23.0 Å². The second-order valence-electron chi connectivity index (χ2n) is 6.66. The van der Waals surface area contributed by atoms with E-state index in [0.717, 1.165) is 11.2 Å². The Hall–Kier alpha value is -2.86. The maximum absolute atomic E-state index is 14.2. The van der Waals surface area contributed by atoms with Crippen LogP contribution >= 0.6 is 22.6 Å². The van der Waals surface area contributed by atoms with Gasteiger partial charge in [0, 0.05) is 28.5 Å². The summed E-state index contributed by atoms with van der Waals surface area (Å²) in [7, 11) is -3.36. The minimum Gasteiger partial charge on any atom is -0.465 e. The first-order chi connectivity index (χ1) is 15.1. The topological polar surface area (TPSA) is 93.1 Å². The molecule has 0 saturated carbocycles. The maximum atomic E-state index is 14.2. The molecule has 1 amide bonds. The normalized spacial score (nSPS) is 11.1. The minimum atomic E-state index is -3.36. The monoisotopic (exact) mass is 571 g/mol. The van der Waals surface area contributed by atoms with Gasteiger partial charge in [-0.2, -0.15) is 0 Å². The molecule has 0 aromatic heterocycles. The van der Waals surface area contributed by atoms with Crippen molar-refractivity contribution >= 4 is 44.2 Å². The zero-order valence-electron chi connectivity index (χ0n) is 17.1. The van der Waals surface area contributed by atoms with E-state index in [0.29, 0.717) is 15.0 Å². The number of benzene rings is 3. The highest BCUT2D eigenvalue weighted by atomic mass is 127. The molecule has 0 spiro atoms. The lowest BCUT2D eigenvalue weighted by Gasteiger charge is -2.21. The largest absolute Gasteiger partial charge is 0.465 e. The molecule has 3 aromatic carbocycles. The van der Waals surface area contributed by atoms with Gasteiger partial charge in [0.25, 0.3) is 0 Å². The fourth-order valence-corrected chi connectivity index (χ4v) is 4.19. The number of sulfone groups is 1. The van der Waals surface area contributed by atoms with E-state index in [1.807, 2.05) is 22.6 Å². The molecule has 0 radical (unpaired) electrons. The van der Waals surface area contributed by atoms with E-state index in [4.69, 9.17) is 9.47 Å². The van der Waals surface area contributed by atoms with Gasteiger partial charge in [0.05, 0.1) is 10.6 Å². The summed E-state index contributed by atoms with van der Waals surface area (Å²) in [4.78, 5) is 12.9.